The van der Waals surface area contributed by atoms with Gasteiger partial charge in [0, 0.05) is 65.7 Å². The molecule has 1 aromatic heterocycles. The first kappa shape index (κ1) is 37.7. The highest BCUT2D eigenvalue weighted by Crippen LogP contribution is 2.46. The van der Waals surface area contributed by atoms with Gasteiger partial charge in [0.25, 0.3) is 0 Å². The van der Waals surface area contributed by atoms with Crippen LogP contribution in [0.5, 0.6) is 11.5 Å². The predicted octanol–water partition coefficient (Wildman–Crippen LogP) is 6.45. The molecule has 0 radical (unpaired) electrons. The van der Waals surface area contributed by atoms with Gasteiger partial charge in [-0.05, 0) is 30.3 Å². The molecule has 2 aromatic carbocycles. The molecule has 2 heterocycles. The maximum atomic E-state index is 14.2. The molecule has 3 amide bonds. The fraction of sp³-hybridized carbons (Fsp3) is 0.394. The SMILES string of the molecule is C=CC(=O)Nc1cc(N2CCNCC2)ccc1Nc1cc(N(C)C(=O)N(COCC[Si](C)(C)C)c2c(Cl)c(OC)cc(OC)c2Cl)ncn1. The standard InChI is InChI=1S/C33H44Cl2N8O5Si/c1-8-29(44)40-24-17-22(42-13-11-36-12-14-42)9-10-23(24)39-27-19-28(38-20-37-27)41(2)33(45)43(21-48-15-16-49(5,6)7)32-30(34)25(46-3)18-26(47-4)31(32)35/h8-10,17-20,36H,1,11-16,21H2,2-7H3,(H,40,44)(H,37,38,39). The Balaban J connectivity index is 1.65. The Bertz CT molecular complexity index is 1620. The zero-order valence-corrected chi connectivity index (χ0v) is 31.2. The number of benzene rings is 2. The number of methoxy groups -OCH3 is 2. The van der Waals surface area contributed by atoms with Gasteiger partial charge in [-0.25, -0.2) is 14.8 Å². The normalized spacial score (nSPS) is 13.0. The maximum Gasteiger partial charge on any atom is 0.331 e. The summed E-state index contributed by atoms with van der Waals surface area (Å²) >= 11 is 13.5. The van der Waals surface area contributed by atoms with Crippen molar-refractivity contribution in [3.05, 3.63) is 59.4 Å². The number of hydrogen-bond donors (Lipinski definition) is 3. The molecule has 264 valence electrons. The van der Waals surface area contributed by atoms with Gasteiger partial charge in [-0.15, -0.1) is 0 Å². The van der Waals surface area contributed by atoms with Gasteiger partial charge in [-0.2, -0.15) is 0 Å². The minimum Gasteiger partial charge on any atom is -0.495 e. The first-order valence-electron chi connectivity index (χ1n) is 15.7. The molecule has 49 heavy (non-hydrogen) atoms. The van der Waals surface area contributed by atoms with Crippen molar-refractivity contribution >= 4 is 77.6 Å². The molecular formula is C33H44Cl2N8O5Si. The van der Waals surface area contributed by atoms with Gasteiger partial charge < -0.3 is 35.1 Å². The largest absolute Gasteiger partial charge is 0.495 e. The van der Waals surface area contributed by atoms with E-state index in [1.54, 1.807) is 19.2 Å². The number of carbonyl (C=O) groups is 2. The Morgan fingerprint density at radius 2 is 1.71 bits per heavy atom. The summed E-state index contributed by atoms with van der Waals surface area (Å²) < 4.78 is 16.9. The van der Waals surface area contributed by atoms with Gasteiger partial charge in [0.15, 0.2) is 0 Å². The average Bonchev–Trinajstić information content (AvgIpc) is 3.09. The number of piperazine rings is 1. The number of nitrogens with zero attached hydrogens (tertiary/aromatic N) is 5. The highest BCUT2D eigenvalue weighted by Gasteiger charge is 2.30. The number of rotatable bonds is 14. The number of ether oxygens (including phenoxy) is 3. The average molecular weight is 732 g/mol. The molecule has 3 aromatic rings. The van der Waals surface area contributed by atoms with Gasteiger partial charge in [-0.1, -0.05) is 49.4 Å². The second-order valence-electron chi connectivity index (χ2n) is 12.4. The first-order valence-corrected chi connectivity index (χ1v) is 20.2. The van der Waals surface area contributed by atoms with Crippen molar-refractivity contribution in [2.24, 2.45) is 0 Å². The van der Waals surface area contributed by atoms with E-state index in [1.807, 2.05) is 18.2 Å². The van der Waals surface area contributed by atoms with Crippen LogP contribution in [0.25, 0.3) is 0 Å². The monoisotopic (exact) mass is 730 g/mol. The molecule has 13 nitrogen and oxygen atoms in total. The Labute approximate surface area is 298 Å². The van der Waals surface area contributed by atoms with E-state index in [9.17, 15) is 9.59 Å². The van der Waals surface area contributed by atoms with Crippen molar-refractivity contribution in [2.45, 2.75) is 25.7 Å². The number of amides is 3. The molecule has 0 aliphatic carbocycles. The molecule has 1 saturated heterocycles. The molecule has 0 bridgehead atoms. The Morgan fingerprint density at radius 1 is 1.04 bits per heavy atom. The second kappa shape index (κ2) is 17.0. The number of aromatic nitrogens is 2. The molecule has 0 unspecified atom stereocenters. The summed E-state index contributed by atoms with van der Waals surface area (Å²) in [4.78, 5) is 40.2. The van der Waals surface area contributed by atoms with Crippen LogP contribution in [-0.4, -0.2) is 90.8 Å². The quantitative estimate of drug-likeness (QED) is 0.0735. The summed E-state index contributed by atoms with van der Waals surface area (Å²) in [6.45, 7) is 14.0. The Hall–Kier alpha value is -4.08. The lowest BCUT2D eigenvalue weighted by Gasteiger charge is -2.30. The van der Waals surface area contributed by atoms with E-state index in [2.05, 4.69) is 57.0 Å². The molecule has 1 aliphatic rings. The van der Waals surface area contributed by atoms with Crippen molar-refractivity contribution in [3.63, 3.8) is 0 Å². The number of nitrogens with one attached hydrogen (secondary N) is 3. The van der Waals surface area contributed by atoms with E-state index >= 15 is 0 Å². The summed E-state index contributed by atoms with van der Waals surface area (Å²) in [6.07, 6.45) is 2.55. The Morgan fingerprint density at radius 3 is 2.33 bits per heavy atom. The van der Waals surface area contributed by atoms with Gasteiger partial charge >= 0.3 is 6.03 Å². The van der Waals surface area contributed by atoms with Gasteiger partial charge in [0.1, 0.15) is 46.2 Å². The van der Waals surface area contributed by atoms with Gasteiger partial charge in [0.05, 0.1) is 31.3 Å². The van der Waals surface area contributed by atoms with E-state index in [1.165, 1.54) is 36.4 Å². The molecule has 1 fully saturated rings. The topological polar surface area (TPSA) is 133 Å². The third-order valence-corrected chi connectivity index (χ3v) is 10.2. The zero-order chi connectivity index (χ0) is 35.7. The second-order valence-corrected chi connectivity index (χ2v) is 18.8. The number of urea groups is 1. The molecule has 0 atom stereocenters. The summed E-state index contributed by atoms with van der Waals surface area (Å²) in [5.41, 5.74) is 2.28. The van der Waals surface area contributed by atoms with Crippen LogP contribution in [0, 0.1) is 0 Å². The van der Waals surface area contributed by atoms with Crippen molar-refractivity contribution < 1.29 is 23.8 Å². The van der Waals surface area contributed by atoms with Gasteiger partial charge in [-0.3, -0.25) is 14.6 Å². The van der Waals surface area contributed by atoms with E-state index in [-0.39, 0.29) is 45.7 Å². The third kappa shape index (κ3) is 9.76. The highest BCUT2D eigenvalue weighted by atomic mass is 35.5. The third-order valence-electron chi connectivity index (χ3n) is 7.74. The van der Waals surface area contributed by atoms with Gasteiger partial charge in [0.2, 0.25) is 5.91 Å². The molecule has 1 aliphatic heterocycles. The molecule has 4 rings (SSSR count). The summed E-state index contributed by atoms with van der Waals surface area (Å²) in [7, 11) is 3.08. The molecule has 0 spiro atoms. The predicted molar refractivity (Wildman–Crippen MR) is 200 cm³/mol. The van der Waals surface area contributed by atoms with Crippen LogP contribution in [0.1, 0.15) is 0 Å². The summed E-state index contributed by atoms with van der Waals surface area (Å²) in [5.74, 6) is 0.844. The summed E-state index contributed by atoms with van der Waals surface area (Å²) in [5, 5.41) is 9.71. The van der Waals surface area contributed by atoms with Crippen LogP contribution in [0.3, 0.4) is 0 Å². The number of anilines is 6. The van der Waals surface area contributed by atoms with E-state index in [0.29, 0.717) is 23.8 Å². The van der Waals surface area contributed by atoms with E-state index in [0.717, 1.165) is 37.9 Å². The minimum atomic E-state index is -1.42. The van der Waals surface area contributed by atoms with E-state index < -0.39 is 14.1 Å². The fourth-order valence-corrected chi connectivity index (χ4v) is 6.38. The van der Waals surface area contributed by atoms with Crippen LogP contribution < -0.4 is 40.1 Å². The smallest absolute Gasteiger partial charge is 0.331 e. The lowest BCUT2D eigenvalue weighted by atomic mass is 10.2. The van der Waals surface area contributed by atoms with E-state index in [4.69, 9.17) is 37.4 Å². The first-order chi connectivity index (χ1) is 23.4. The number of hydrogen-bond acceptors (Lipinski definition) is 10. The van der Waals surface area contributed by atoms with Crippen molar-refractivity contribution in [1.82, 2.24) is 15.3 Å². The highest BCUT2D eigenvalue weighted by molar-refractivity contribution is 6.76. The molecular weight excluding hydrogens is 687 g/mol. The van der Waals surface area contributed by atoms with Crippen LogP contribution in [0.15, 0.2) is 49.3 Å². The Kier molecular flexibility index (Phi) is 13.1. The van der Waals surface area contributed by atoms with Crippen LogP contribution in [-0.2, 0) is 9.53 Å². The van der Waals surface area contributed by atoms with Crippen molar-refractivity contribution in [3.8, 4) is 11.5 Å². The molecule has 3 N–H and O–H groups in total. The summed E-state index contributed by atoms with van der Waals surface area (Å²) in [6, 6.07) is 9.27. The van der Waals surface area contributed by atoms with Crippen LogP contribution in [0.2, 0.25) is 35.7 Å². The molecule has 0 saturated carbocycles. The lowest BCUT2D eigenvalue weighted by molar-refractivity contribution is -0.111. The van der Waals surface area contributed by atoms with Crippen molar-refractivity contribution in [1.29, 1.82) is 0 Å². The number of carbonyl (C=O) groups excluding carboxylic acids is 2. The lowest BCUT2D eigenvalue weighted by Crippen LogP contribution is -2.43. The van der Waals surface area contributed by atoms with Crippen molar-refractivity contribution in [2.75, 3.05) is 86.1 Å². The fourth-order valence-electron chi connectivity index (χ4n) is 4.92. The van der Waals surface area contributed by atoms with Crippen LogP contribution >= 0.6 is 23.2 Å². The maximum absolute atomic E-state index is 14.2. The zero-order valence-electron chi connectivity index (χ0n) is 28.7. The minimum absolute atomic E-state index is 0.118. The van der Waals surface area contributed by atoms with Crippen LogP contribution in [0.4, 0.5) is 39.2 Å². The molecule has 16 heteroatoms. The number of halogens is 2.